The Kier molecular flexibility index (Phi) is 13.1. The van der Waals surface area contributed by atoms with Crippen LogP contribution in [-0.4, -0.2) is 35.7 Å². The van der Waals surface area contributed by atoms with Crippen molar-refractivity contribution < 1.29 is 50.0 Å². The molecule has 0 unspecified atom stereocenters. The number of aromatic amines is 1. The second kappa shape index (κ2) is 16.7. The number of H-pyrrole nitrogens is 1. The average molecular weight is 636 g/mol. The number of alkyl halides is 1. The van der Waals surface area contributed by atoms with E-state index < -0.39 is 0 Å². The molecular weight excluding hydrogens is 603 g/mol. The van der Waals surface area contributed by atoms with Gasteiger partial charge < -0.3 is 20.5 Å². The number of ether oxygens (including phenoxy) is 2. The second-order valence-electron chi connectivity index (χ2n) is 9.08. The predicted molar refractivity (Wildman–Crippen MR) is 169 cm³/mol. The van der Waals surface area contributed by atoms with Crippen LogP contribution in [0.2, 0.25) is 0 Å². The zero-order chi connectivity index (χ0) is 29.0. The van der Waals surface area contributed by atoms with Crippen LogP contribution in [0.1, 0.15) is 33.3 Å². The van der Waals surface area contributed by atoms with Crippen LogP contribution in [0, 0.1) is 0 Å². The fourth-order valence-corrected chi connectivity index (χ4v) is 4.56. The van der Waals surface area contributed by atoms with Gasteiger partial charge in [0, 0.05) is 35.3 Å². The molecule has 0 bridgehead atoms. The first-order valence-corrected chi connectivity index (χ1v) is 14.1. The minimum Gasteiger partial charge on any atom is -1.00 e. The molecular formula is C34H32BrN2NaO4. The number of nitrogens with one attached hydrogen (secondary N) is 1. The van der Waals surface area contributed by atoms with Crippen LogP contribution in [-0.2, 0) is 21.3 Å². The fourth-order valence-electron chi connectivity index (χ4n) is 4.18. The molecule has 0 aliphatic rings. The topological polar surface area (TPSA) is 73.3 Å². The number of halogens is 1. The summed E-state index contributed by atoms with van der Waals surface area (Å²) in [5, 5.41) is 3.31. The van der Waals surface area contributed by atoms with Gasteiger partial charge in [-0.2, -0.15) is 0 Å². The van der Waals surface area contributed by atoms with Crippen molar-refractivity contribution in [3.63, 3.8) is 0 Å². The summed E-state index contributed by atoms with van der Waals surface area (Å²) in [5.74, 6) is -0.598. The average Bonchev–Trinajstić information content (AvgIpc) is 3.69. The van der Waals surface area contributed by atoms with E-state index in [1.807, 2.05) is 54.7 Å². The molecule has 0 spiro atoms. The third-order valence-electron chi connectivity index (χ3n) is 6.40. The van der Waals surface area contributed by atoms with Crippen molar-refractivity contribution >= 4 is 49.7 Å². The maximum absolute atomic E-state index is 11.4. The number of carbonyl (C=O) groups excluding carboxylic acids is 2. The summed E-state index contributed by atoms with van der Waals surface area (Å²) in [5.41, 5.74) is 5.87. The largest absolute Gasteiger partial charge is 1.00 e. The van der Waals surface area contributed by atoms with Gasteiger partial charge in [-0.3, -0.25) is 0 Å². The maximum Gasteiger partial charge on any atom is 1.00 e. The SMILES string of the molecule is COC(=O)c1ccc(CBr)cc1.COC(=O)c1ccc(Cn2ccc3ccccc32)cc1.[H-].[Na+].c1ccc2[nH]ccc2c1. The number of carbonyl (C=O) groups is 2. The van der Waals surface area contributed by atoms with E-state index in [0.29, 0.717) is 11.1 Å². The Labute approximate surface area is 277 Å². The molecule has 0 radical (unpaired) electrons. The molecule has 2 heterocycles. The Morgan fingerprint density at radius 1 is 0.714 bits per heavy atom. The molecule has 1 N–H and O–H groups in total. The fraction of sp³-hybridized carbons (Fsp3) is 0.118. The summed E-state index contributed by atoms with van der Waals surface area (Å²) in [6.45, 7) is 0.787. The van der Waals surface area contributed by atoms with E-state index in [1.165, 1.54) is 36.0 Å². The Morgan fingerprint density at radius 3 is 1.83 bits per heavy atom. The van der Waals surface area contributed by atoms with E-state index >= 15 is 0 Å². The van der Waals surface area contributed by atoms with Crippen molar-refractivity contribution in [1.82, 2.24) is 9.55 Å². The number of rotatable bonds is 5. The molecule has 0 fully saturated rings. The van der Waals surface area contributed by atoms with Crippen molar-refractivity contribution in [3.05, 3.63) is 144 Å². The van der Waals surface area contributed by atoms with Gasteiger partial charge in [-0.1, -0.05) is 76.6 Å². The molecule has 6 rings (SSSR count). The number of esters is 2. The van der Waals surface area contributed by atoms with E-state index in [-0.39, 0.29) is 42.9 Å². The number of hydrogen-bond donors (Lipinski definition) is 1. The van der Waals surface area contributed by atoms with Gasteiger partial charge in [0.05, 0.1) is 25.3 Å². The smallest absolute Gasteiger partial charge is 1.00 e. The summed E-state index contributed by atoms with van der Waals surface area (Å²) >= 11 is 3.32. The Hall–Kier alpha value is -3.62. The minimum absolute atomic E-state index is 0. The summed E-state index contributed by atoms with van der Waals surface area (Å²) in [4.78, 5) is 25.5. The standard InChI is InChI=1S/C17H15NO2.C9H9BrO2.C8H7N.Na.H/c1-20-17(19)15-8-6-13(7-9-15)12-18-11-10-14-4-2-3-5-16(14)18;1-12-9(11)8-4-2-7(6-10)3-5-8;1-2-4-8-7(3-1)5-6-9-8;;/h2-11H,12H2,1H3;2-5H,6H2,1H3;1-6,9H;;/q;;;+1;-1. The van der Waals surface area contributed by atoms with E-state index in [1.54, 1.807) is 24.3 Å². The van der Waals surface area contributed by atoms with Gasteiger partial charge >= 0.3 is 41.5 Å². The number of para-hydroxylation sites is 2. The Morgan fingerprint density at radius 2 is 1.26 bits per heavy atom. The molecule has 210 valence electrons. The molecule has 0 aliphatic carbocycles. The molecule has 0 amide bonds. The van der Waals surface area contributed by atoms with Crippen LogP contribution in [0.4, 0.5) is 0 Å². The summed E-state index contributed by atoms with van der Waals surface area (Å²) in [7, 11) is 2.77. The molecule has 6 nitrogen and oxygen atoms in total. The molecule has 2 aromatic heterocycles. The first-order chi connectivity index (χ1) is 20.0. The number of nitrogens with zero attached hydrogens (tertiary/aromatic N) is 1. The van der Waals surface area contributed by atoms with Gasteiger partial charge in [0.25, 0.3) is 0 Å². The van der Waals surface area contributed by atoms with Crippen molar-refractivity contribution in [2.75, 3.05) is 14.2 Å². The monoisotopic (exact) mass is 634 g/mol. The number of benzene rings is 4. The van der Waals surface area contributed by atoms with Gasteiger partial charge in [-0.15, -0.1) is 0 Å². The van der Waals surface area contributed by atoms with Crippen LogP contribution < -0.4 is 29.6 Å². The minimum atomic E-state index is -0.303. The molecule has 0 saturated heterocycles. The van der Waals surface area contributed by atoms with E-state index in [9.17, 15) is 9.59 Å². The molecule has 6 aromatic rings. The molecule has 4 aromatic carbocycles. The molecule has 0 aliphatic heterocycles. The van der Waals surface area contributed by atoms with Crippen molar-refractivity contribution in [2.24, 2.45) is 0 Å². The van der Waals surface area contributed by atoms with Gasteiger partial charge in [0.15, 0.2) is 0 Å². The zero-order valence-electron chi connectivity index (χ0n) is 24.9. The van der Waals surface area contributed by atoms with Gasteiger partial charge in [-0.05, 0) is 70.4 Å². The number of fused-ring (bicyclic) bond motifs is 2. The maximum atomic E-state index is 11.4. The second-order valence-corrected chi connectivity index (χ2v) is 9.64. The van der Waals surface area contributed by atoms with E-state index in [4.69, 9.17) is 4.74 Å². The first-order valence-electron chi connectivity index (χ1n) is 13.0. The van der Waals surface area contributed by atoms with Crippen LogP contribution in [0.15, 0.2) is 122 Å². The van der Waals surface area contributed by atoms with Crippen molar-refractivity contribution in [3.8, 4) is 0 Å². The van der Waals surface area contributed by atoms with Crippen LogP contribution in [0.3, 0.4) is 0 Å². The molecule has 42 heavy (non-hydrogen) atoms. The third kappa shape index (κ3) is 8.94. The van der Waals surface area contributed by atoms with Gasteiger partial charge in [-0.25, -0.2) is 9.59 Å². The molecule has 0 saturated carbocycles. The van der Waals surface area contributed by atoms with Crippen molar-refractivity contribution in [2.45, 2.75) is 11.9 Å². The predicted octanol–water partition coefficient (Wildman–Crippen LogP) is 5.13. The van der Waals surface area contributed by atoms with Crippen LogP contribution in [0.25, 0.3) is 21.8 Å². The van der Waals surface area contributed by atoms with Gasteiger partial charge in [0.1, 0.15) is 0 Å². The van der Waals surface area contributed by atoms with Crippen molar-refractivity contribution in [1.29, 1.82) is 0 Å². The normalized spacial score (nSPS) is 9.98. The Bertz CT molecular complexity index is 1690. The summed E-state index contributed by atoms with van der Waals surface area (Å²) < 4.78 is 11.5. The van der Waals surface area contributed by atoms with Crippen LogP contribution >= 0.6 is 15.9 Å². The number of aromatic nitrogens is 2. The summed E-state index contributed by atoms with van der Waals surface area (Å²) in [6.07, 6.45) is 4.03. The van der Waals surface area contributed by atoms with E-state index in [0.717, 1.165) is 23.0 Å². The quantitative estimate of drug-likeness (QED) is 0.162. The number of methoxy groups -OCH3 is 2. The third-order valence-corrected chi connectivity index (χ3v) is 7.05. The first kappa shape index (κ1) is 32.9. The number of hydrogen-bond acceptors (Lipinski definition) is 4. The molecule has 8 heteroatoms. The van der Waals surface area contributed by atoms with Crippen LogP contribution in [0.5, 0.6) is 0 Å². The van der Waals surface area contributed by atoms with E-state index in [2.05, 4.69) is 72.8 Å². The zero-order valence-corrected chi connectivity index (χ0v) is 27.5. The Balaban J connectivity index is 0.000000240. The molecule has 0 atom stereocenters. The summed E-state index contributed by atoms with van der Waals surface area (Å²) in [6, 6.07) is 35.5. The van der Waals surface area contributed by atoms with Gasteiger partial charge in [0.2, 0.25) is 0 Å².